The standard InChI is InChI=1S/C18H17FN2OS/c1-12(17-10-14-4-2-3-5-16(14)22-17)21-18(23)20-11-13-6-8-15(19)9-7-13/h2-10,12H,11H2,1H3,(H2,20,21,23)/t12-/m0/s1. The van der Waals surface area contributed by atoms with Crippen LogP contribution in [0, 0.1) is 5.82 Å². The summed E-state index contributed by atoms with van der Waals surface area (Å²) in [6, 6.07) is 16.2. The van der Waals surface area contributed by atoms with Gasteiger partial charge in [0, 0.05) is 11.9 Å². The van der Waals surface area contributed by atoms with Gasteiger partial charge in [0.05, 0.1) is 6.04 Å². The Morgan fingerprint density at radius 3 is 2.65 bits per heavy atom. The van der Waals surface area contributed by atoms with Crippen LogP contribution in [0.15, 0.2) is 59.0 Å². The summed E-state index contributed by atoms with van der Waals surface area (Å²) in [4.78, 5) is 0. The van der Waals surface area contributed by atoms with Crippen LogP contribution in [0.2, 0.25) is 0 Å². The molecule has 0 saturated heterocycles. The van der Waals surface area contributed by atoms with E-state index in [0.717, 1.165) is 22.3 Å². The molecule has 3 rings (SSSR count). The topological polar surface area (TPSA) is 37.2 Å². The van der Waals surface area contributed by atoms with Crippen molar-refractivity contribution in [1.82, 2.24) is 10.6 Å². The number of furan rings is 1. The number of hydrogen-bond donors (Lipinski definition) is 2. The number of halogens is 1. The van der Waals surface area contributed by atoms with Crippen molar-refractivity contribution in [2.24, 2.45) is 0 Å². The second kappa shape index (κ2) is 6.79. The van der Waals surface area contributed by atoms with E-state index in [-0.39, 0.29) is 11.9 Å². The molecule has 3 aromatic rings. The van der Waals surface area contributed by atoms with E-state index in [1.807, 2.05) is 37.3 Å². The molecule has 5 heteroatoms. The summed E-state index contributed by atoms with van der Waals surface area (Å²) < 4.78 is 18.7. The third-order valence-electron chi connectivity index (χ3n) is 3.59. The Balaban J connectivity index is 1.57. The number of fused-ring (bicyclic) bond motifs is 1. The third-order valence-corrected chi connectivity index (χ3v) is 3.85. The molecule has 118 valence electrons. The first-order valence-corrected chi connectivity index (χ1v) is 7.80. The lowest BCUT2D eigenvalue weighted by atomic mass is 10.2. The second-order valence-corrected chi connectivity index (χ2v) is 5.77. The Bertz CT molecular complexity index is 780. The average Bonchev–Trinajstić information content (AvgIpc) is 2.98. The van der Waals surface area contributed by atoms with Crippen molar-refractivity contribution >= 4 is 28.3 Å². The van der Waals surface area contributed by atoms with Gasteiger partial charge in [-0.3, -0.25) is 0 Å². The highest BCUT2D eigenvalue weighted by Crippen LogP contribution is 2.23. The van der Waals surface area contributed by atoms with Gasteiger partial charge >= 0.3 is 0 Å². The van der Waals surface area contributed by atoms with E-state index < -0.39 is 0 Å². The first-order chi connectivity index (χ1) is 11.1. The molecular weight excluding hydrogens is 311 g/mol. The quantitative estimate of drug-likeness (QED) is 0.700. The van der Waals surface area contributed by atoms with Gasteiger partial charge in [0.15, 0.2) is 5.11 Å². The number of nitrogens with one attached hydrogen (secondary N) is 2. The molecule has 3 nitrogen and oxygen atoms in total. The fourth-order valence-corrected chi connectivity index (χ4v) is 2.57. The molecular formula is C18H17FN2OS. The number of hydrogen-bond acceptors (Lipinski definition) is 2. The molecule has 0 spiro atoms. The van der Waals surface area contributed by atoms with Crippen molar-refractivity contribution < 1.29 is 8.81 Å². The van der Waals surface area contributed by atoms with Crippen LogP contribution in [0.4, 0.5) is 4.39 Å². The van der Waals surface area contributed by atoms with E-state index in [4.69, 9.17) is 16.6 Å². The summed E-state index contributed by atoms with van der Waals surface area (Å²) in [5, 5.41) is 7.90. The zero-order valence-corrected chi connectivity index (χ0v) is 13.5. The fourth-order valence-electron chi connectivity index (χ4n) is 2.32. The molecule has 0 aliphatic heterocycles. The maximum atomic E-state index is 12.9. The van der Waals surface area contributed by atoms with Crippen molar-refractivity contribution in [2.75, 3.05) is 0 Å². The predicted octanol–water partition coefficient (Wildman–Crippen LogP) is 4.30. The molecule has 0 bridgehead atoms. The Morgan fingerprint density at radius 1 is 1.17 bits per heavy atom. The van der Waals surface area contributed by atoms with E-state index >= 15 is 0 Å². The van der Waals surface area contributed by atoms with Crippen LogP contribution in [0.3, 0.4) is 0 Å². The summed E-state index contributed by atoms with van der Waals surface area (Å²) in [5.74, 6) is 0.588. The molecule has 0 saturated carbocycles. The van der Waals surface area contributed by atoms with Gasteiger partial charge in [-0.25, -0.2) is 4.39 Å². The van der Waals surface area contributed by atoms with E-state index in [0.29, 0.717) is 11.7 Å². The van der Waals surface area contributed by atoms with Gasteiger partial charge in [-0.2, -0.15) is 0 Å². The molecule has 2 N–H and O–H groups in total. The minimum Gasteiger partial charge on any atom is -0.459 e. The van der Waals surface area contributed by atoms with Gasteiger partial charge in [-0.05, 0) is 49.0 Å². The SMILES string of the molecule is C[C@H](NC(=S)NCc1ccc(F)cc1)c1cc2ccccc2o1. The van der Waals surface area contributed by atoms with Gasteiger partial charge < -0.3 is 15.1 Å². The zero-order chi connectivity index (χ0) is 16.2. The third kappa shape index (κ3) is 3.87. The van der Waals surface area contributed by atoms with Crippen LogP contribution in [-0.2, 0) is 6.54 Å². The summed E-state index contributed by atoms with van der Waals surface area (Å²) in [5.41, 5.74) is 1.83. The van der Waals surface area contributed by atoms with E-state index in [1.165, 1.54) is 12.1 Å². The van der Waals surface area contributed by atoms with E-state index in [9.17, 15) is 4.39 Å². The largest absolute Gasteiger partial charge is 0.459 e. The van der Waals surface area contributed by atoms with Gasteiger partial charge in [-0.1, -0.05) is 30.3 Å². The molecule has 1 atom stereocenters. The Morgan fingerprint density at radius 2 is 1.91 bits per heavy atom. The highest BCUT2D eigenvalue weighted by molar-refractivity contribution is 7.80. The van der Waals surface area contributed by atoms with Gasteiger partial charge in [-0.15, -0.1) is 0 Å². The number of para-hydroxylation sites is 1. The van der Waals surface area contributed by atoms with Crippen LogP contribution in [0.1, 0.15) is 24.3 Å². The molecule has 0 aliphatic rings. The molecule has 1 aromatic heterocycles. The summed E-state index contributed by atoms with van der Waals surface area (Å²) in [6.07, 6.45) is 0. The number of thiocarbonyl (C=S) groups is 1. The smallest absolute Gasteiger partial charge is 0.167 e. The normalized spacial score (nSPS) is 12.1. The minimum absolute atomic E-state index is 0.0457. The van der Waals surface area contributed by atoms with Gasteiger partial charge in [0.1, 0.15) is 17.2 Å². The summed E-state index contributed by atoms with van der Waals surface area (Å²) in [6.45, 7) is 2.53. The Hall–Kier alpha value is -2.40. The Kier molecular flexibility index (Phi) is 4.57. The first-order valence-electron chi connectivity index (χ1n) is 7.39. The van der Waals surface area contributed by atoms with Crippen molar-refractivity contribution in [3.05, 3.63) is 71.7 Å². The molecule has 2 aromatic carbocycles. The van der Waals surface area contributed by atoms with Gasteiger partial charge in [0.2, 0.25) is 0 Å². The van der Waals surface area contributed by atoms with E-state index in [1.54, 1.807) is 12.1 Å². The monoisotopic (exact) mass is 328 g/mol. The molecule has 0 fully saturated rings. The molecule has 0 amide bonds. The summed E-state index contributed by atoms with van der Waals surface area (Å²) in [7, 11) is 0. The van der Waals surface area contributed by atoms with Crippen molar-refractivity contribution in [3.8, 4) is 0 Å². The van der Waals surface area contributed by atoms with Crippen LogP contribution in [-0.4, -0.2) is 5.11 Å². The molecule has 1 heterocycles. The minimum atomic E-state index is -0.243. The van der Waals surface area contributed by atoms with Crippen molar-refractivity contribution in [3.63, 3.8) is 0 Å². The lowest BCUT2D eigenvalue weighted by Crippen LogP contribution is -2.36. The van der Waals surface area contributed by atoms with E-state index in [2.05, 4.69) is 10.6 Å². The molecule has 23 heavy (non-hydrogen) atoms. The van der Waals surface area contributed by atoms with Crippen LogP contribution in [0.25, 0.3) is 11.0 Å². The number of rotatable bonds is 4. The summed E-state index contributed by atoms with van der Waals surface area (Å²) >= 11 is 5.30. The van der Waals surface area contributed by atoms with Crippen molar-refractivity contribution in [1.29, 1.82) is 0 Å². The molecule has 0 radical (unpaired) electrons. The lowest BCUT2D eigenvalue weighted by Gasteiger charge is -2.15. The van der Waals surface area contributed by atoms with Crippen LogP contribution >= 0.6 is 12.2 Å². The van der Waals surface area contributed by atoms with Crippen LogP contribution < -0.4 is 10.6 Å². The zero-order valence-electron chi connectivity index (χ0n) is 12.7. The maximum Gasteiger partial charge on any atom is 0.167 e. The fraction of sp³-hybridized carbons (Fsp3) is 0.167. The number of benzene rings is 2. The highest BCUT2D eigenvalue weighted by atomic mass is 32.1. The average molecular weight is 328 g/mol. The first kappa shape index (κ1) is 15.5. The molecule has 0 aliphatic carbocycles. The molecule has 0 unspecified atom stereocenters. The highest BCUT2D eigenvalue weighted by Gasteiger charge is 2.12. The van der Waals surface area contributed by atoms with Crippen LogP contribution in [0.5, 0.6) is 0 Å². The lowest BCUT2D eigenvalue weighted by molar-refractivity contribution is 0.490. The second-order valence-electron chi connectivity index (χ2n) is 5.36. The Labute approximate surface area is 139 Å². The van der Waals surface area contributed by atoms with Crippen molar-refractivity contribution in [2.45, 2.75) is 19.5 Å². The maximum absolute atomic E-state index is 12.9. The predicted molar refractivity (Wildman–Crippen MR) is 93.6 cm³/mol. The van der Waals surface area contributed by atoms with Gasteiger partial charge in [0.25, 0.3) is 0 Å².